The second kappa shape index (κ2) is 4.31. The van der Waals surface area contributed by atoms with Crippen molar-refractivity contribution in [3.05, 3.63) is 48.3 Å². The van der Waals surface area contributed by atoms with Crippen molar-refractivity contribution in [2.75, 3.05) is 5.73 Å². The third kappa shape index (κ3) is 2.05. The standard InChI is InChI=1S/C13H9N5O/c14-8-9-1-2-11(10(15)7-9)19-13-4-6-18-12(17-13)3-5-16-18/h1-7H,15H2. The molecule has 3 rings (SSSR count). The molecule has 2 aromatic heterocycles. The van der Waals surface area contributed by atoms with Gasteiger partial charge in [-0.05, 0) is 18.2 Å². The Balaban J connectivity index is 1.94. The highest BCUT2D eigenvalue weighted by Crippen LogP contribution is 2.27. The van der Waals surface area contributed by atoms with Crippen LogP contribution < -0.4 is 10.5 Å². The summed E-state index contributed by atoms with van der Waals surface area (Å²) in [6.07, 6.45) is 3.40. The van der Waals surface area contributed by atoms with E-state index in [0.29, 0.717) is 28.5 Å². The lowest BCUT2D eigenvalue weighted by molar-refractivity contribution is 0.465. The molecule has 0 radical (unpaired) electrons. The predicted molar refractivity (Wildman–Crippen MR) is 68.6 cm³/mol. The van der Waals surface area contributed by atoms with Crippen LogP contribution >= 0.6 is 0 Å². The number of rotatable bonds is 2. The Morgan fingerprint density at radius 1 is 1.26 bits per heavy atom. The van der Waals surface area contributed by atoms with Gasteiger partial charge in [0, 0.05) is 18.3 Å². The van der Waals surface area contributed by atoms with Crippen molar-refractivity contribution >= 4 is 11.3 Å². The van der Waals surface area contributed by atoms with Gasteiger partial charge in [-0.1, -0.05) is 0 Å². The Morgan fingerprint density at radius 3 is 2.95 bits per heavy atom. The van der Waals surface area contributed by atoms with Gasteiger partial charge in [0.25, 0.3) is 0 Å². The minimum atomic E-state index is 0.397. The summed E-state index contributed by atoms with van der Waals surface area (Å²) in [5, 5.41) is 12.8. The number of anilines is 1. The van der Waals surface area contributed by atoms with Crippen LogP contribution in [0.25, 0.3) is 5.65 Å². The molecule has 92 valence electrons. The van der Waals surface area contributed by atoms with E-state index in [1.54, 1.807) is 47.2 Å². The van der Waals surface area contributed by atoms with Gasteiger partial charge in [0.1, 0.15) is 0 Å². The van der Waals surface area contributed by atoms with Crippen molar-refractivity contribution < 1.29 is 4.74 Å². The molecule has 0 fully saturated rings. The molecule has 0 saturated heterocycles. The molecule has 1 aromatic carbocycles. The van der Waals surface area contributed by atoms with Crippen LogP contribution in [0, 0.1) is 11.3 Å². The molecular weight excluding hydrogens is 242 g/mol. The molecule has 0 spiro atoms. The zero-order valence-corrected chi connectivity index (χ0v) is 9.82. The van der Waals surface area contributed by atoms with Gasteiger partial charge >= 0.3 is 0 Å². The molecule has 2 heterocycles. The van der Waals surface area contributed by atoms with Gasteiger partial charge in [-0.25, -0.2) is 4.52 Å². The molecule has 0 unspecified atom stereocenters. The van der Waals surface area contributed by atoms with Crippen molar-refractivity contribution in [3.63, 3.8) is 0 Å². The Morgan fingerprint density at radius 2 is 2.16 bits per heavy atom. The monoisotopic (exact) mass is 251 g/mol. The summed E-state index contributed by atoms with van der Waals surface area (Å²) < 4.78 is 7.23. The minimum Gasteiger partial charge on any atom is -0.437 e. The molecule has 0 saturated carbocycles. The van der Waals surface area contributed by atoms with E-state index in [4.69, 9.17) is 15.7 Å². The third-order valence-electron chi connectivity index (χ3n) is 2.59. The van der Waals surface area contributed by atoms with Gasteiger partial charge in [-0.3, -0.25) is 0 Å². The molecule has 0 aliphatic rings. The maximum Gasteiger partial charge on any atom is 0.222 e. The molecule has 0 amide bonds. The highest BCUT2D eigenvalue weighted by molar-refractivity contribution is 5.57. The average Bonchev–Trinajstić information content (AvgIpc) is 2.88. The first kappa shape index (κ1) is 11.0. The average molecular weight is 251 g/mol. The number of hydrogen-bond donors (Lipinski definition) is 1. The smallest absolute Gasteiger partial charge is 0.222 e. The fourth-order valence-electron chi connectivity index (χ4n) is 1.68. The van der Waals surface area contributed by atoms with Gasteiger partial charge in [0.2, 0.25) is 5.88 Å². The number of benzene rings is 1. The van der Waals surface area contributed by atoms with Crippen molar-refractivity contribution in [2.24, 2.45) is 0 Å². The van der Waals surface area contributed by atoms with E-state index in [1.807, 2.05) is 6.07 Å². The fraction of sp³-hybridized carbons (Fsp3) is 0. The number of fused-ring (bicyclic) bond motifs is 1. The van der Waals surface area contributed by atoms with Crippen LogP contribution in [0.15, 0.2) is 42.7 Å². The number of ether oxygens (including phenoxy) is 1. The Bertz CT molecular complexity index is 787. The topological polar surface area (TPSA) is 89.2 Å². The maximum atomic E-state index is 8.77. The second-order valence-corrected chi connectivity index (χ2v) is 3.87. The highest BCUT2D eigenvalue weighted by atomic mass is 16.5. The van der Waals surface area contributed by atoms with E-state index in [1.165, 1.54) is 0 Å². The van der Waals surface area contributed by atoms with Gasteiger partial charge in [-0.2, -0.15) is 15.3 Å². The SMILES string of the molecule is N#Cc1ccc(Oc2ccn3nccc3n2)c(N)c1. The fourth-order valence-corrected chi connectivity index (χ4v) is 1.68. The van der Waals surface area contributed by atoms with Gasteiger partial charge in [-0.15, -0.1) is 0 Å². The normalized spacial score (nSPS) is 10.3. The van der Waals surface area contributed by atoms with Crippen LogP contribution in [-0.4, -0.2) is 14.6 Å². The van der Waals surface area contributed by atoms with E-state index in [-0.39, 0.29) is 0 Å². The molecule has 0 aliphatic carbocycles. The summed E-state index contributed by atoms with van der Waals surface area (Å²) in [4.78, 5) is 4.27. The Labute approximate surface area is 108 Å². The lowest BCUT2D eigenvalue weighted by Gasteiger charge is -2.07. The van der Waals surface area contributed by atoms with Gasteiger partial charge in [0.05, 0.1) is 23.5 Å². The zero-order chi connectivity index (χ0) is 13.2. The van der Waals surface area contributed by atoms with Crippen LogP contribution in [-0.2, 0) is 0 Å². The maximum absolute atomic E-state index is 8.77. The van der Waals surface area contributed by atoms with Crippen molar-refractivity contribution in [1.29, 1.82) is 5.26 Å². The third-order valence-corrected chi connectivity index (χ3v) is 2.59. The summed E-state index contributed by atoms with van der Waals surface area (Å²) in [6, 6.07) is 10.3. The number of nitrogens with two attached hydrogens (primary N) is 1. The molecule has 0 bridgehead atoms. The Hall–Kier alpha value is -3.07. The number of nitriles is 1. The van der Waals surface area contributed by atoms with E-state index in [2.05, 4.69) is 10.1 Å². The largest absolute Gasteiger partial charge is 0.437 e. The molecule has 0 atom stereocenters. The summed E-state index contributed by atoms with van der Waals surface area (Å²) in [5.74, 6) is 0.889. The van der Waals surface area contributed by atoms with Crippen molar-refractivity contribution in [2.45, 2.75) is 0 Å². The quantitative estimate of drug-likeness (QED) is 0.703. The summed E-state index contributed by atoms with van der Waals surface area (Å²) in [5.41, 5.74) is 7.39. The molecule has 6 nitrogen and oxygen atoms in total. The molecule has 0 aliphatic heterocycles. The van der Waals surface area contributed by atoms with Crippen LogP contribution in [0.3, 0.4) is 0 Å². The summed E-state index contributed by atoms with van der Waals surface area (Å²) >= 11 is 0. The first-order chi connectivity index (χ1) is 9.26. The van der Waals surface area contributed by atoms with Crippen LogP contribution in [0.5, 0.6) is 11.6 Å². The molecule has 6 heteroatoms. The van der Waals surface area contributed by atoms with Crippen LogP contribution in [0.1, 0.15) is 5.56 Å². The number of hydrogen-bond acceptors (Lipinski definition) is 5. The first-order valence-electron chi connectivity index (χ1n) is 5.54. The molecule has 3 aromatic rings. The highest BCUT2D eigenvalue weighted by Gasteiger charge is 2.05. The second-order valence-electron chi connectivity index (χ2n) is 3.87. The summed E-state index contributed by atoms with van der Waals surface area (Å²) in [7, 11) is 0. The zero-order valence-electron chi connectivity index (χ0n) is 9.82. The van der Waals surface area contributed by atoms with Crippen molar-refractivity contribution in [1.82, 2.24) is 14.6 Å². The van der Waals surface area contributed by atoms with E-state index < -0.39 is 0 Å². The first-order valence-corrected chi connectivity index (χ1v) is 5.54. The number of nitrogen functional groups attached to an aromatic ring is 1. The van der Waals surface area contributed by atoms with Crippen molar-refractivity contribution in [3.8, 4) is 17.7 Å². The van der Waals surface area contributed by atoms with Crippen LogP contribution in [0.2, 0.25) is 0 Å². The number of nitrogens with zero attached hydrogens (tertiary/aromatic N) is 4. The number of aromatic nitrogens is 3. The molecular formula is C13H9N5O. The van der Waals surface area contributed by atoms with E-state index >= 15 is 0 Å². The van der Waals surface area contributed by atoms with E-state index in [9.17, 15) is 0 Å². The molecule has 2 N–H and O–H groups in total. The minimum absolute atomic E-state index is 0.397. The lowest BCUT2D eigenvalue weighted by Crippen LogP contribution is -1.96. The Kier molecular flexibility index (Phi) is 2.50. The lowest BCUT2D eigenvalue weighted by atomic mass is 10.2. The predicted octanol–water partition coefficient (Wildman–Crippen LogP) is 1.98. The molecule has 19 heavy (non-hydrogen) atoms. The van der Waals surface area contributed by atoms with Crippen LogP contribution in [0.4, 0.5) is 5.69 Å². The van der Waals surface area contributed by atoms with Gasteiger partial charge < -0.3 is 10.5 Å². The van der Waals surface area contributed by atoms with E-state index in [0.717, 1.165) is 0 Å². The summed E-state index contributed by atoms with van der Waals surface area (Å²) in [6.45, 7) is 0. The van der Waals surface area contributed by atoms with Gasteiger partial charge in [0.15, 0.2) is 11.4 Å².